The van der Waals surface area contributed by atoms with Gasteiger partial charge in [0, 0.05) is 12.7 Å². The molecule has 0 amide bonds. The molecule has 0 bridgehead atoms. The molecule has 2 nitrogen and oxygen atoms in total. The number of rotatable bonds is 6. The van der Waals surface area contributed by atoms with Crippen molar-refractivity contribution < 1.29 is 9.13 Å². The van der Waals surface area contributed by atoms with Crippen molar-refractivity contribution in [2.45, 2.75) is 6.92 Å². The highest BCUT2D eigenvalue weighted by atomic mass is 19.1. The molecule has 0 radical (unpaired) electrons. The summed E-state index contributed by atoms with van der Waals surface area (Å²) in [4.78, 5) is 0. The zero-order chi connectivity index (χ0) is 15.1. The summed E-state index contributed by atoms with van der Waals surface area (Å²) >= 11 is 0. The number of anilines is 1. The van der Waals surface area contributed by atoms with Gasteiger partial charge in [-0.15, -0.1) is 0 Å². The summed E-state index contributed by atoms with van der Waals surface area (Å²) in [5, 5.41) is 3.09. The lowest BCUT2D eigenvalue weighted by Gasteiger charge is -2.07. The van der Waals surface area contributed by atoms with Gasteiger partial charge in [-0.05, 0) is 47.9 Å². The van der Waals surface area contributed by atoms with Gasteiger partial charge in [-0.3, -0.25) is 0 Å². The second-order valence-corrected chi connectivity index (χ2v) is 4.77. The molecule has 110 valence electrons. The topological polar surface area (TPSA) is 21.3 Å². The Hall–Kier alpha value is -2.29. The molecule has 21 heavy (non-hydrogen) atoms. The van der Waals surface area contributed by atoms with Crippen LogP contribution in [0.25, 0.3) is 12.2 Å². The van der Waals surface area contributed by atoms with Crippen LogP contribution in [0.4, 0.5) is 10.1 Å². The minimum Gasteiger partial charge on any atom is -0.491 e. The van der Waals surface area contributed by atoms with Gasteiger partial charge in [-0.2, -0.15) is 0 Å². The molecule has 1 N–H and O–H groups in total. The van der Waals surface area contributed by atoms with Crippen molar-refractivity contribution in [3.8, 4) is 5.75 Å². The van der Waals surface area contributed by atoms with Gasteiger partial charge >= 0.3 is 0 Å². The van der Waals surface area contributed by atoms with Crippen LogP contribution in [0.15, 0.2) is 42.5 Å². The van der Waals surface area contributed by atoms with Crippen LogP contribution in [0.2, 0.25) is 0 Å². The Morgan fingerprint density at radius 1 is 1.05 bits per heavy atom. The number of halogens is 1. The monoisotopic (exact) mass is 285 g/mol. The average molecular weight is 285 g/mol. The Labute approximate surface area is 125 Å². The molecular weight excluding hydrogens is 265 g/mol. The van der Waals surface area contributed by atoms with E-state index in [1.54, 1.807) is 0 Å². The molecular formula is C18H20FNO. The fourth-order valence-corrected chi connectivity index (χ4v) is 2.04. The highest BCUT2D eigenvalue weighted by molar-refractivity contribution is 5.71. The third-order valence-electron chi connectivity index (χ3n) is 3.20. The number of hydrogen-bond acceptors (Lipinski definition) is 2. The maximum atomic E-state index is 12.1. The molecule has 3 heteroatoms. The van der Waals surface area contributed by atoms with Gasteiger partial charge in [-0.25, -0.2) is 4.39 Å². The fourth-order valence-electron chi connectivity index (χ4n) is 2.04. The summed E-state index contributed by atoms with van der Waals surface area (Å²) in [6, 6.07) is 14.1. The van der Waals surface area contributed by atoms with Gasteiger partial charge in [0.1, 0.15) is 19.0 Å². The molecule has 0 aliphatic heterocycles. The highest BCUT2D eigenvalue weighted by Gasteiger charge is 1.99. The van der Waals surface area contributed by atoms with Crippen molar-refractivity contribution in [3.63, 3.8) is 0 Å². The predicted molar refractivity (Wildman–Crippen MR) is 87.6 cm³/mol. The van der Waals surface area contributed by atoms with E-state index in [0.717, 1.165) is 28.1 Å². The van der Waals surface area contributed by atoms with Crippen LogP contribution in [0, 0.1) is 6.92 Å². The number of ether oxygens (including phenoxy) is 1. The van der Waals surface area contributed by atoms with Gasteiger partial charge in [-0.1, -0.05) is 30.4 Å². The number of benzene rings is 2. The van der Waals surface area contributed by atoms with Crippen molar-refractivity contribution in [2.24, 2.45) is 0 Å². The molecule has 2 aromatic rings. The molecule has 0 aliphatic carbocycles. The van der Waals surface area contributed by atoms with Crippen LogP contribution in [-0.4, -0.2) is 20.3 Å². The Kier molecular flexibility index (Phi) is 5.38. The lowest BCUT2D eigenvalue weighted by atomic mass is 10.1. The minimum atomic E-state index is -0.469. The van der Waals surface area contributed by atoms with E-state index in [-0.39, 0.29) is 6.61 Å². The van der Waals surface area contributed by atoms with Crippen LogP contribution in [-0.2, 0) is 0 Å². The predicted octanol–water partition coefficient (Wildman–Crippen LogP) is 4.56. The summed E-state index contributed by atoms with van der Waals surface area (Å²) in [5.41, 5.74) is 4.34. The van der Waals surface area contributed by atoms with E-state index in [1.807, 2.05) is 44.3 Å². The third-order valence-corrected chi connectivity index (χ3v) is 3.20. The first-order valence-electron chi connectivity index (χ1n) is 6.98. The fraction of sp³-hybridized carbons (Fsp3) is 0.222. The van der Waals surface area contributed by atoms with Crippen LogP contribution in [0.3, 0.4) is 0 Å². The van der Waals surface area contributed by atoms with Gasteiger partial charge in [0.15, 0.2) is 0 Å². The van der Waals surface area contributed by atoms with E-state index in [4.69, 9.17) is 4.74 Å². The Morgan fingerprint density at radius 3 is 2.33 bits per heavy atom. The number of aryl methyl sites for hydroxylation is 1. The second-order valence-electron chi connectivity index (χ2n) is 4.77. The summed E-state index contributed by atoms with van der Waals surface area (Å²) in [6.07, 6.45) is 4.12. The Morgan fingerprint density at radius 2 is 1.71 bits per heavy atom. The van der Waals surface area contributed by atoms with Crippen LogP contribution in [0.1, 0.15) is 16.7 Å². The molecule has 0 unspecified atom stereocenters. The number of alkyl halides is 1. The molecule has 0 heterocycles. The second kappa shape index (κ2) is 7.48. The van der Waals surface area contributed by atoms with E-state index in [0.29, 0.717) is 0 Å². The standard InChI is InChI=1S/C18H20FNO/c1-14-13-16(7-10-18(14)21-12-11-19)4-3-15-5-8-17(20-2)9-6-15/h3-10,13,20H,11-12H2,1-2H3/b4-3+. The SMILES string of the molecule is CNc1ccc(/C=C/c2ccc(OCCF)c(C)c2)cc1. The van der Waals surface area contributed by atoms with Gasteiger partial charge in [0.25, 0.3) is 0 Å². The maximum absolute atomic E-state index is 12.1. The zero-order valence-corrected chi connectivity index (χ0v) is 12.4. The molecule has 2 aromatic carbocycles. The van der Waals surface area contributed by atoms with Crippen molar-refractivity contribution in [1.29, 1.82) is 0 Å². The Bertz CT molecular complexity index is 605. The van der Waals surface area contributed by atoms with Crippen molar-refractivity contribution in [2.75, 3.05) is 25.6 Å². The molecule has 2 rings (SSSR count). The molecule has 0 saturated carbocycles. The van der Waals surface area contributed by atoms with E-state index < -0.39 is 6.67 Å². The average Bonchev–Trinajstić information content (AvgIpc) is 2.52. The zero-order valence-electron chi connectivity index (χ0n) is 12.4. The van der Waals surface area contributed by atoms with Gasteiger partial charge in [0.05, 0.1) is 0 Å². The van der Waals surface area contributed by atoms with E-state index in [1.165, 1.54) is 0 Å². The van der Waals surface area contributed by atoms with E-state index in [9.17, 15) is 4.39 Å². The normalized spacial score (nSPS) is 10.8. The van der Waals surface area contributed by atoms with E-state index >= 15 is 0 Å². The third kappa shape index (κ3) is 4.35. The van der Waals surface area contributed by atoms with Gasteiger partial charge in [0.2, 0.25) is 0 Å². The summed E-state index contributed by atoms with van der Waals surface area (Å²) in [7, 11) is 1.90. The van der Waals surface area contributed by atoms with Crippen LogP contribution in [0.5, 0.6) is 5.75 Å². The smallest absolute Gasteiger partial charge is 0.123 e. The maximum Gasteiger partial charge on any atom is 0.123 e. The number of hydrogen-bond donors (Lipinski definition) is 1. The van der Waals surface area contributed by atoms with Crippen LogP contribution < -0.4 is 10.1 Å². The molecule has 0 atom stereocenters. The molecule has 0 aromatic heterocycles. The first kappa shape index (κ1) is 15.1. The van der Waals surface area contributed by atoms with Crippen molar-refractivity contribution in [3.05, 3.63) is 59.2 Å². The Balaban J connectivity index is 2.07. The number of nitrogens with one attached hydrogen (secondary N) is 1. The van der Waals surface area contributed by atoms with Crippen molar-refractivity contribution in [1.82, 2.24) is 0 Å². The molecule has 0 aliphatic rings. The first-order chi connectivity index (χ1) is 10.2. The summed E-state index contributed by atoms with van der Waals surface area (Å²) in [6.45, 7) is 1.60. The largest absolute Gasteiger partial charge is 0.491 e. The van der Waals surface area contributed by atoms with Crippen molar-refractivity contribution >= 4 is 17.8 Å². The van der Waals surface area contributed by atoms with Gasteiger partial charge < -0.3 is 10.1 Å². The highest BCUT2D eigenvalue weighted by Crippen LogP contribution is 2.20. The lowest BCUT2D eigenvalue weighted by Crippen LogP contribution is -2.00. The molecule has 0 spiro atoms. The first-order valence-corrected chi connectivity index (χ1v) is 6.98. The quantitative estimate of drug-likeness (QED) is 0.786. The van der Waals surface area contributed by atoms with Crippen LogP contribution >= 0.6 is 0 Å². The summed E-state index contributed by atoms with van der Waals surface area (Å²) in [5.74, 6) is 0.739. The summed E-state index contributed by atoms with van der Waals surface area (Å²) < 4.78 is 17.4. The van der Waals surface area contributed by atoms with E-state index in [2.05, 4.69) is 29.6 Å². The minimum absolute atomic E-state index is 0.105. The molecule has 0 fully saturated rings. The lowest BCUT2D eigenvalue weighted by molar-refractivity contribution is 0.272. The molecule has 0 saturated heterocycles.